The van der Waals surface area contributed by atoms with Crippen LogP contribution in [0.5, 0.6) is 0 Å². The van der Waals surface area contributed by atoms with Crippen molar-refractivity contribution in [2.45, 2.75) is 70.0 Å². The lowest BCUT2D eigenvalue weighted by Gasteiger charge is -2.18. The average Bonchev–Trinajstić information content (AvgIpc) is 3.24. The number of thioether (sulfide) groups is 1. The van der Waals surface area contributed by atoms with Crippen molar-refractivity contribution >= 4 is 39.2 Å². The standard InChI is InChI=1S/C17H23N3O2S2/c1-8(2)20-16(22)13-9(3)10(4)23-15(13)19-17(20)24-11(5)14(21)18-12-6-7-12/h8,11-12H,6-7H2,1-5H3,(H,18,21)/t11-/m0/s1. The van der Waals surface area contributed by atoms with E-state index >= 15 is 0 Å². The SMILES string of the molecule is Cc1sc2nc(S[C@@H](C)C(=O)NC3CC3)n(C(C)C)c(=O)c2c1C. The fraction of sp³-hybridized carbons (Fsp3) is 0.588. The molecule has 1 fully saturated rings. The van der Waals surface area contributed by atoms with Crippen molar-refractivity contribution in [2.24, 2.45) is 0 Å². The summed E-state index contributed by atoms with van der Waals surface area (Å²) in [4.78, 5) is 31.8. The van der Waals surface area contributed by atoms with Gasteiger partial charge in [-0.25, -0.2) is 4.98 Å². The molecule has 1 saturated carbocycles. The van der Waals surface area contributed by atoms with E-state index in [1.807, 2.05) is 34.6 Å². The first-order valence-corrected chi connectivity index (χ1v) is 9.98. The fourth-order valence-corrected chi connectivity index (χ4v) is 4.70. The highest BCUT2D eigenvalue weighted by Crippen LogP contribution is 2.31. The zero-order valence-electron chi connectivity index (χ0n) is 14.7. The summed E-state index contributed by atoms with van der Waals surface area (Å²) in [6, 6.07) is 0.334. The summed E-state index contributed by atoms with van der Waals surface area (Å²) in [5.74, 6) is 0.0192. The van der Waals surface area contributed by atoms with Gasteiger partial charge < -0.3 is 5.32 Å². The van der Waals surface area contributed by atoms with Gasteiger partial charge in [0.25, 0.3) is 5.56 Å². The van der Waals surface area contributed by atoms with Gasteiger partial charge in [0.1, 0.15) is 4.83 Å². The van der Waals surface area contributed by atoms with Gasteiger partial charge in [-0.3, -0.25) is 14.2 Å². The Kier molecular flexibility index (Phi) is 4.75. The number of amides is 1. The molecule has 1 N–H and O–H groups in total. The second-order valence-electron chi connectivity index (χ2n) is 6.67. The van der Waals surface area contributed by atoms with Gasteiger partial charge in [0.2, 0.25) is 5.91 Å². The van der Waals surface area contributed by atoms with E-state index in [0.29, 0.717) is 16.6 Å². The number of aryl methyl sites for hydroxylation is 2. The number of aromatic nitrogens is 2. The van der Waals surface area contributed by atoms with Gasteiger partial charge in [-0.05, 0) is 53.0 Å². The first-order valence-electron chi connectivity index (χ1n) is 8.28. The van der Waals surface area contributed by atoms with E-state index < -0.39 is 0 Å². The Morgan fingerprint density at radius 1 is 1.33 bits per heavy atom. The van der Waals surface area contributed by atoms with Crippen LogP contribution in [0.15, 0.2) is 9.95 Å². The predicted octanol–water partition coefficient (Wildman–Crippen LogP) is 3.41. The number of thiophene rings is 1. The molecule has 0 spiro atoms. The molecule has 0 aliphatic heterocycles. The highest BCUT2D eigenvalue weighted by Gasteiger charge is 2.27. The quantitative estimate of drug-likeness (QED) is 0.651. The molecule has 2 aromatic rings. The summed E-state index contributed by atoms with van der Waals surface area (Å²) in [6.07, 6.45) is 2.13. The van der Waals surface area contributed by atoms with E-state index in [0.717, 1.165) is 28.1 Å². The molecule has 1 aliphatic rings. The van der Waals surface area contributed by atoms with Crippen LogP contribution in [0.2, 0.25) is 0 Å². The summed E-state index contributed by atoms with van der Waals surface area (Å²) in [5, 5.41) is 4.08. The first-order chi connectivity index (χ1) is 11.3. The molecule has 0 saturated heterocycles. The minimum atomic E-state index is -0.276. The van der Waals surface area contributed by atoms with Crippen molar-refractivity contribution < 1.29 is 4.79 Å². The lowest BCUT2D eigenvalue weighted by atomic mass is 10.2. The zero-order chi connectivity index (χ0) is 17.6. The molecular weight excluding hydrogens is 342 g/mol. The second-order valence-corrected chi connectivity index (χ2v) is 9.18. The van der Waals surface area contributed by atoms with Gasteiger partial charge >= 0.3 is 0 Å². The molecule has 0 radical (unpaired) electrons. The number of fused-ring (bicyclic) bond motifs is 1. The number of nitrogens with one attached hydrogen (secondary N) is 1. The Balaban J connectivity index is 2.01. The molecule has 2 aromatic heterocycles. The van der Waals surface area contributed by atoms with E-state index in [-0.39, 0.29) is 22.8 Å². The number of rotatable bonds is 5. The van der Waals surface area contributed by atoms with Crippen molar-refractivity contribution in [1.29, 1.82) is 0 Å². The molecule has 7 heteroatoms. The minimum Gasteiger partial charge on any atom is -0.352 e. The van der Waals surface area contributed by atoms with E-state index in [1.54, 1.807) is 15.9 Å². The summed E-state index contributed by atoms with van der Waals surface area (Å²) in [7, 11) is 0. The second kappa shape index (κ2) is 6.52. The van der Waals surface area contributed by atoms with Crippen LogP contribution in [-0.2, 0) is 4.79 Å². The molecule has 130 valence electrons. The molecule has 1 aliphatic carbocycles. The van der Waals surface area contributed by atoms with Crippen LogP contribution in [0.4, 0.5) is 0 Å². The Morgan fingerprint density at radius 3 is 2.58 bits per heavy atom. The number of carbonyl (C=O) groups excluding carboxylic acids is 1. The van der Waals surface area contributed by atoms with Crippen molar-refractivity contribution in [3.8, 4) is 0 Å². The first kappa shape index (κ1) is 17.5. The van der Waals surface area contributed by atoms with E-state index in [2.05, 4.69) is 5.32 Å². The molecule has 1 amide bonds. The number of carbonyl (C=O) groups is 1. The number of hydrogen-bond donors (Lipinski definition) is 1. The fourth-order valence-electron chi connectivity index (χ4n) is 2.58. The van der Waals surface area contributed by atoms with E-state index in [9.17, 15) is 9.59 Å². The predicted molar refractivity (Wildman–Crippen MR) is 100 cm³/mol. The Bertz CT molecular complexity index is 850. The molecule has 0 unspecified atom stereocenters. The smallest absolute Gasteiger partial charge is 0.263 e. The van der Waals surface area contributed by atoms with Crippen LogP contribution >= 0.6 is 23.1 Å². The largest absolute Gasteiger partial charge is 0.352 e. The lowest BCUT2D eigenvalue weighted by molar-refractivity contribution is -0.120. The third kappa shape index (κ3) is 3.24. The number of nitrogens with zero attached hydrogens (tertiary/aromatic N) is 2. The van der Waals surface area contributed by atoms with Crippen LogP contribution < -0.4 is 10.9 Å². The van der Waals surface area contributed by atoms with Crippen molar-refractivity contribution in [3.63, 3.8) is 0 Å². The molecule has 3 rings (SSSR count). The Labute approximate surface area is 149 Å². The van der Waals surface area contributed by atoms with Gasteiger partial charge in [0.05, 0.1) is 10.6 Å². The molecule has 5 nitrogen and oxygen atoms in total. The van der Waals surface area contributed by atoms with Gasteiger partial charge in [0.15, 0.2) is 5.16 Å². The van der Waals surface area contributed by atoms with Gasteiger partial charge in [-0.2, -0.15) is 0 Å². The molecule has 24 heavy (non-hydrogen) atoms. The normalized spacial score (nSPS) is 15.9. The monoisotopic (exact) mass is 365 g/mol. The van der Waals surface area contributed by atoms with Gasteiger partial charge in [-0.1, -0.05) is 11.8 Å². The van der Waals surface area contributed by atoms with E-state index in [4.69, 9.17) is 4.98 Å². The van der Waals surface area contributed by atoms with Crippen LogP contribution in [0.25, 0.3) is 10.2 Å². The van der Waals surface area contributed by atoms with Gasteiger partial charge in [0, 0.05) is 17.0 Å². The van der Waals surface area contributed by atoms with Crippen molar-refractivity contribution in [1.82, 2.24) is 14.9 Å². The highest BCUT2D eigenvalue weighted by atomic mass is 32.2. The topological polar surface area (TPSA) is 64.0 Å². The lowest BCUT2D eigenvalue weighted by Crippen LogP contribution is -2.33. The maximum absolute atomic E-state index is 13.0. The van der Waals surface area contributed by atoms with Crippen molar-refractivity contribution in [2.75, 3.05) is 0 Å². The molecule has 1 atom stereocenters. The highest BCUT2D eigenvalue weighted by molar-refractivity contribution is 8.00. The molecular formula is C17H23N3O2S2. The van der Waals surface area contributed by atoms with Crippen LogP contribution in [0.1, 0.15) is 50.1 Å². The molecule has 2 heterocycles. The minimum absolute atomic E-state index is 0.00444. The average molecular weight is 366 g/mol. The maximum atomic E-state index is 13.0. The van der Waals surface area contributed by atoms with Crippen LogP contribution in [-0.4, -0.2) is 26.8 Å². The van der Waals surface area contributed by atoms with Crippen LogP contribution in [0, 0.1) is 13.8 Å². The van der Waals surface area contributed by atoms with Crippen LogP contribution in [0.3, 0.4) is 0 Å². The third-order valence-electron chi connectivity index (χ3n) is 4.29. The molecule has 0 bridgehead atoms. The Morgan fingerprint density at radius 2 is 2.00 bits per heavy atom. The van der Waals surface area contributed by atoms with Crippen molar-refractivity contribution in [3.05, 3.63) is 20.8 Å². The van der Waals surface area contributed by atoms with Gasteiger partial charge in [-0.15, -0.1) is 11.3 Å². The third-order valence-corrected chi connectivity index (χ3v) is 6.46. The summed E-state index contributed by atoms with van der Waals surface area (Å²) in [5.41, 5.74) is 1.01. The summed E-state index contributed by atoms with van der Waals surface area (Å²) in [6.45, 7) is 9.80. The molecule has 0 aromatic carbocycles. The Hall–Kier alpha value is -1.34. The zero-order valence-corrected chi connectivity index (χ0v) is 16.3. The maximum Gasteiger partial charge on any atom is 0.263 e. The van der Waals surface area contributed by atoms with E-state index in [1.165, 1.54) is 11.8 Å². The number of hydrogen-bond acceptors (Lipinski definition) is 5. The summed E-state index contributed by atoms with van der Waals surface area (Å²) >= 11 is 2.91. The summed E-state index contributed by atoms with van der Waals surface area (Å²) < 4.78 is 1.72.